The monoisotopic (exact) mass is 134 g/mol. The summed E-state index contributed by atoms with van der Waals surface area (Å²) in [5.74, 6) is 0. The maximum atomic E-state index is 3.10. The van der Waals surface area contributed by atoms with Crippen LogP contribution in [0, 0.1) is 6.07 Å². The Hall–Kier alpha value is -0.820. The largest absolute Gasteiger partial charge is 0.319 e. The first-order chi connectivity index (χ1) is 4.93. The molecule has 53 valence electrons. The topological polar surface area (TPSA) is 12.0 Å². The van der Waals surface area contributed by atoms with E-state index in [1.54, 1.807) is 0 Å². The summed E-state index contributed by atoms with van der Waals surface area (Å²) in [4.78, 5) is 0. The normalized spacial score (nSPS) is 9.70. The van der Waals surface area contributed by atoms with Crippen LogP contribution in [0.3, 0.4) is 0 Å². The van der Waals surface area contributed by atoms with Crippen molar-refractivity contribution in [2.24, 2.45) is 0 Å². The van der Waals surface area contributed by atoms with Crippen LogP contribution in [-0.4, -0.2) is 13.6 Å². The van der Waals surface area contributed by atoms with Crippen molar-refractivity contribution in [1.29, 1.82) is 0 Å². The number of benzene rings is 1. The summed E-state index contributed by atoms with van der Waals surface area (Å²) in [5, 5.41) is 3.10. The fourth-order valence-electron chi connectivity index (χ4n) is 0.855. The van der Waals surface area contributed by atoms with Gasteiger partial charge in [0.1, 0.15) is 0 Å². The fraction of sp³-hybridized carbons (Fsp3) is 0.333. The van der Waals surface area contributed by atoms with Crippen molar-refractivity contribution in [2.75, 3.05) is 13.6 Å². The molecule has 1 N–H and O–H groups in total. The molecule has 0 heterocycles. The van der Waals surface area contributed by atoms with E-state index in [1.165, 1.54) is 5.56 Å². The minimum atomic E-state index is 1.04. The lowest BCUT2D eigenvalue weighted by atomic mass is 10.2. The first-order valence-corrected chi connectivity index (χ1v) is 3.53. The lowest BCUT2D eigenvalue weighted by Crippen LogP contribution is -2.09. The molecule has 1 aromatic carbocycles. The van der Waals surface area contributed by atoms with E-state index in [-0.39, 0.29) is 0 Å². The van der Waals surface area contributed by atoms with Crippen LogP contribution in [0.4, 0.5) is 0 Å². The van der Waals surface area contributed by atoms with Gasteiger partial charge in [0.05, 0.1) is 0 Å². The van der Waals surface area contributed by atoms with Gasteiger partial charge in [-0.2, -0.15) is 0 Å². The van der Waals surface area contributed by atoms with Crippen molar-refractivity contribution < 1.29 is 0 Å². The van der Waals surface area contributed by atoms with Crippen molar-refractivity contribution >= 4 is 0 Å². The Morgan fingerprint density at radius 1 is 1.60 bits per heavy atom. The minimum Gasteiger partial charge on any atom is -0.319 e. The van der Waals surface area contributed by atoms with Crippen molar-refractivity contribution in [1.82, 2.24) is 5.32 Å². The first kappa shape index (κ1) is 7.29. The van der Waals surface area contributed by atoms with E-state index in [0.29, 0.717) is 0 Å². The van der Waals surface area contributed by atoms with Gasteiger partial charge >= 0.3 is 0 Å². The molecule has 0 amide bonds. The van der Waals surface area contributed by atoms with Gasteiger partial charge in [0.2, 0.25) is 0 Å². The molecule has 0 saturated carbocycles. The zero-order valence-electron chi connectivity index (χ0n) is 6.22. The van der Waals surface area contributed by atoms with Crippen molar-refractivity contribution in [2.45, 2.75) is 6.42 Å². The van der Waals surface area contributed by atoms with Crippen LogP contribution in [0.2, 0.25) is 0 Å². The molecule has 10 heavy (non-hydrogen) atoms. The predicted molar refractivity (Wildman–Crippen MR) is 42.9 cm³/mol. The molecule has 1 heteroatoms. The molecule has 0 aliphatic heterocycles. The van der Waals surface area contributed by atoms with E-state index in [2.05, 4.69) is 17.4 Å². The Labute approximate surface area is 62.1 Å². The molecule has 0 aromatic heterocycles. The van der Waals surface area contributed by atoms with Crippen molar-refractivity contribution in [3.05, 3.63) is 35.9 Å². The molecule has 0 fully saturated rings. The SMILES string of the molecule is CNCCc1c[c]ccc1. The van der Waals surface area contributed by atoms with E-state index in [1.807, 2.05) is 25.2 Å². The highest BCUT2D eigenvalue weighted by Crippen LogP contribution is 1.96. The average Bonchev–Trinajstić information content (AvgIpc) is 2.03. The van der Waals surface area contributed by atoms with Crippen molar-refractivity contribution in [3.63, 3.8) is 0 Å². The molecule has 0 aliphatic rings. The number of hydrogen-bond donors (Lipinski definition) is 1. The quantitative estimate of drug-likeness (QED) is 0.656. The smallest absolute Gasteiger partial charge is 0.00114 e. The third-order valence-electron chi connectivity index (χ3n) is 1.44. The third kappa shape index (κ3) is 2.19. The Kier molecular flexibility index (Phi) is 2.97. The van der Waals surface area contributed by atoms with Gasteiger partial charge in [0, 0.05) is 0 Å². The molecule has 1 nitrogen and oxygen atoms in total. The van der Waals surface area contributed by atoms with E-state index in [4.69, 9.17) is 0 Å². The summed E-state index contributed by atoms with van der Waals surface area (Å²) in [6.07, 6.45) is 1.09. The minimum absolute atomic E-state index is 1.04. The van der Waals surface area contributed by atoms with Gasteiger partial charge < -0.3 is 5.32 Å². The van der Waals surface area contributed by atoms with Gasteiger partial charge in [-0.15, -0.1) is 0 Å². The number of hydrogen-bond acceptors (Lipinski definition) is 1. The Morgan fingerprint density at radius 3 is 3.10 bits per heavy atom. The maximum Gasteiger partial charge on any atom is -0.00114 e. The molecular weight excluding hydrogens is 122 g/mol. The lowest BCUT2D eigenvalue weighted by molar-refractivity contribution is 0.792. The number of nitrogens with one attached hydrogen (secondary N) is 1. The fourth-order valence-corrected chi connectivity index (χ4v) is 0.855. The zero-order valence-corrected chi connectivity index (χ0v) is 6.22. The molecular formula is C9H12N. The highest BCUT2D eigenvalue weighted by atomic mass is 14.8. The van der Waals surface area contributed by atoms with E-state index < -0.39 is 0 Å². The summed E-state index contributed by atoms with van der Waals surface area (Å²) < 4.78 is 0. The molecule has 1 rings (SSSR count). The Morgan fingerprint density at radius 2 is 2.50 bits per heavy atom. The molecule has 1 radical (unpaired) electrons. The van der Waals surface area contributed by atoms with Gasteiger partial charge in [-0.1, -0.05) is 24.3 Å². The van der Waals surface area contributed by atoms with Gasteiger partial charge in [0.25, 0.3) is 0 Å². The molecule has 0 aliphatic carbocycles. The standard InChI is InChI=1S/C9H12N/c1-10-8-7-9-5-3-2-4-6-9/h2-3,5-6,10H,7-8H2,1H3. The number of likely N-dealkylation sites (N-methyl/N-ethyl adjacent to an activating group) is 1. The molecule has 0 bridgehead atoms. The van der Waals surface area contributed by atoms with Gasteiger partial charge in [-0.3, -0.25) is 0 Å². The van der Waals surface area contributed by atoms with Crippen LogP contribution < -0.4 is 5.32 Å². The summed E-state index contributed by atoms with van der Waals surface area (Å²) in [5.41, 5.74) is 1.34. The van der Waals surface area contributed by atoms with E-state index in [0.717, 1.165) is 13.0 Å². The van der Waals surface area contributed by atoms with E-state index in [9.17, 15) is 0 Å². The van der Waals surface area contributed by atoms with Crippen LogP contribution >= 0.6 is 0 Å². The van der Waals surface area contributed by atoms with Crippen LogP contribution in [-0.2, 0) is 6.42 Å². The molecule has 0 saturated heterocycles. The molecule has 0 spiro atoms. The van der Waals surface area contributed by atoms with Crippen molar-refractivity contribution in [3.8, 4) is 0 Å². The third-order valence-corrected chi connectivity index (χ3v) is 1.44. The van der Waals surface area contributed by atoms with Crippen LogP contribution in [0.5, 0.6) is 0 Å². The van der Waals surface area contributed by atoms with Gasteiger partial charge in [-0.25, -0.2) is 0 Å². The molecule has 1 aromatic rings. The second-order valence-corrected chi connectivity index (χ2v) is 2.27. The number of rotatable bonds is 3. The second-order valence-electron chi connectivity index (χ2n) is 2.27. The van der Waals surface area contributed by atoms with Crippen LogP contribution in [0.1, 0.15) is 5.56 Å². The predicted octanol–water partition coefficient (Wildman–Crippen LogP) is 1.25. The molecule has 0 atom stereocenters. The van der Waals surface area contributed by atoms with Crippen LogP contribution in [0.15, 0.2) is 24.3 Å². The summed E-state index contributed by atoms with van der Waals surface area (Å²) in [7, 11) is 1.96. The maximum absolute atomic E-state index is 3.10. The van der Waals surface area contributed by atoms with E-state index >= 15 is 0 Å². The first-order valence-electron chi connectivity index (χ1n) is 3.53. The lowest BCUT2D eigenvalue weighted by Gasteiger charge is -1.97. The highest BCUT2D eigenvalue weighted by Gasteiger charge is 1.87. The van der Waals surface area contributed by atoms with Gasteiger partial charge in [-0.05, 0) is 31.6 Å². The molecule has 0 unspecified atom stereocenters. The average molecular weight is 134 g/mol. The Balaban J connectivity index is 2.43. The zero-order chi connectivity index (χ0) is 7.23. The summed E-state index contributed by atoms with van der Waals surface area (Å²) in [6.45, 7) is 1.04. The Bertz CT molecular complexity index is 169. The summed E-state index contributed by atoms with van der Waals surface area (Å²) >= 11 is 0. The van der Waals surface area contributed by atoms with Crippen LogP contribution in [0.25, 0.3) is 0 Å². The summed E-state index contributed by atoms with van der Waals surface area (Å²) in [6, 6.07) is 11.1. The van der Waals surface area contributed by atoms with Gasteiger partial charge in [0.15, 0.2) is 0 Å². The second kappa shape index (κ2) is 4.07. The highest BCUT2D eigenvalue weighted by molar-refractivity contribution is 5.13.